The highest BCUT2D eigenvalue weighted by Gasteiger charge is 2.31. The zero-order chi connectivity index (χ0) is 21.8. The van der Waals surface area contributed by atoms with E-state index < -0.39 is 16.6 Å². The number of hydrogen-bond acceptors (Lipinski definition) is 7. The number of anilines is 1. The summed E-state index contributed by atoms with van der Waals surface area (Å²) in [5, 5.41) is 0.248. The number of carbonyl (C=O) groups is 2. The zero-order valence-corrected chi connectivity index (χ0v) is 18.4. The molecule has 0 saturated carbocycles. The van der Waals surface area contributed by atoms with Crippen molar-refractivity contribution in [2.45, 2.75) is 12.8 Å². The van der Waals surface area contributed by atoms with E-state index in [1.54, 1.807) is 0 Å². The van der Waals surface area contributed by atoms with Crippen molar-refractivity contribution < 1.29 is 32.2 Å². The number of benzene rings is 1. The topological polar surface area (TPSA) is 102 Å². The Hall–Kier alpha value is -2.20. The number of rotatable bonds is 7. The number of hydrogen-bond donors (Lipinski definition) is 0. The Bertz CT molecular complexity index is 867. The SMILES string of the molecule is COC(=O)C1CCN(C(=O)CN(c2cc(OC)c(Cl)cc2OC)S(C)(=O)=O)CC1. The van der Waals surface area contributed by atoms with Gasteiger partial charge in [0.1, 0.15) is 18.0 Å². The third-order valence-electron chi connectivity index (χ3n) is 4.78. The Morgan fingerprint density at radius 3 is 2.21 bits per heavy atom. The van der Waals surface area contributed by atoms with Gasteiger partial charge in [-0.1, -0.05) is 11.6 Å². The molecule has 0 unspecified atom stereocenters. The number of ether oxygens (including phenoxy) is 3. The fraction of sp³-hybridized carbons (Fsp3) is 0.556. The molecule has 0 N–H and O–H groups in total. The first-order valence-corrected chi connectivity index (χ1v) is 11.1. The van der Waals surface area contributed by atoms with E-state index in [4.69, 9.17) is 25.8 Å². The second-order valence-electron chi connectivity index (χ2n) is 6.61. The second-order valence-corrected chi connectivity index (χ2v) is 8.92. The average molecular weight is 449 g/mol. The molecule has 0 spiro atoms. The summed E-state index contributed by atoms with van der Waals surface area (Å²) < 4.78 is 41.0. The summed E-state index contributed by atoms with van der Waals surface area (Å²) in [4.78, 5) is 26.0. The molecule has 1 aliphatic heterocycles. The molecule has 1 saturated heterocycles. The molecule has 0 radical (unpaired) electrons. The number of halogens is 1. The number of esters is 1. The third kappa shape index (κ3) is 5.45. The lowest BCUT2D eigenvalue weighted by molar-refractivity contribution is -0.148. The fourth-order valence-electron chi connectivity index (χ4n) is 3.17. The summed E-state index contributed by atoms with van der Waals surface area (Å²) in [6.07, 6.45) is 1.94. The minimum atomic E-state index is -3.82. The number of amides is 1. The molecule has 0 atom stereocenters. The highest BCUT2D eigenvalue weighted by Crippen LogP contribution is 2.39. The maximum absolute atomic E-state index is 12.8. The Kier molecular flexibility index (Phi) is 7.59. The quantitative estimate of drug-likeness (QED) is 0.583. The van der Waals surface area contributed by atoms with Crippen LogP contribution in [-0.4, -0.2) is 72.4 Å². The molecule has 11 heteroatoms. The smallest absolute Gasteiger partial charge is 0.308 e. The van der Waals surface area contributed by atoms with Crippen LogP contribution in [0.1, 0.15) is 12.8 Å². The zero-order valence-electron chi connectivity index (χ0n) is 16.8. The minimum absolute atomic E-state index is 0.147. The summed E-state index contributed by atoms with van der Waals surface area (Å²) in [5.41, 5.74) is 0.147. The van der Waals surface area contributed by atoms with Gasteiger partial charge in [0.05, 0.1) is 44.2 Å². The summed E-state index contributed by atoms with van der Waals surface area (Å²) in [6, 6.07) is 2.85. The summed E-state index contributed by atoms with van der Waals surface area (Å²) >= 11 is 6.09. The number of methoxy groups -OCH3 is 3. The van der Waals surface area contributed by atoms with Crippen molar-refractivity contribution in [3.63, 3.8) is 0 Å². The van der Waals surface area contributed by atoms with E-state index in [1.807, 2.05) is 0 Å². The van der Waals surface area contributed by atoms with E-state index in [-0.39, 0.29) is 40.0 Å². The molecule has 0 aromatic heterocycles. The summed E-state index contributed by atoms with van der Waals surface area (Å²) in [7, 11) is 0.292. The van der Waals surface area contributed by atoms with Crippen LogP contribution in [0.5, 0.6) is 11.5 Å². The van der Waals surface area contributed by atoms with Crippen LogP contribution < -0.4 is 13.8 Å². The monoisotopic (exact) mass is 448 g/mol. The molecule has 1 amide bonds. The van der Waals surface area contributed by atoms with Gasteiger partial charge in [0.2, 0.25) is 15.9 Å². The van der Waals surface area contributed by atoms with E-state index in [0.29, 0.717) is 25.9 Å². The normalized spacial score (nSPS) is 15.0. The van der Waals surface area contributed by atoms with E-state index in [1.165, 1.54) is 38.4 Å². The van der Waals surface area contributed by atoms with Crippen molar-refractivity contribution in [1.82, 2.24) is 4.90 Å². The van der Waals surface area contributed by atoms with Gasteiger partial charge in [0, 0.05) is 25.2 Å². The lowest BCUT2D eigenvalue weighted by Gasteiger charge is -2.33. The van der Waals surface area contributed by atoms with Gasteiger partial charge in [-0.05, 0) is 12.8 Å². The van der Waals surface area contributed by atoms with Crippen molar-refractivity contribution in [3.8, 4) is 11.5 Å². The molecule has 2 rings (SSSR count). The van der Waals surface area contributed by atoms with Crippen LogP contribution in [0.15, 0.2) is 12.1 Å². The molecule has 9 nitrogen and oxygen atoms in total. The van der Waals surface area contributed by atoms with Crippen molar-refractivity contribution in [1.29, 1.82) is 0 Å². The van der Waals surface area contributed by atoms with Gasteiger partial charge in [-0.3, -0.25) is 13.9 Å². The van der Waals surface area contributed by atoms with Gasteiger partial charge in [-0.15, -0.1) is 0 Å². The highest BCUT2D eigenvalue weighted by atomic mass is 35.5. The van der Waals surface area contributed by atoms with Gasteiger partial charge >= 0.3 is 5.97 Å². The van der Waals surface area contributed by atoms with E-state index in [2.05, 4.69) is 0 Å². The average Bonchev–Trinajstić information content (AvgIpc) is 2.70. The molecule has 1 fully saturated rings. The lowest BCUT2D eigenvalue weighted by Crippen LogP contribution is -2.46. The van der Waals surface area contributed by atoms with E-state index in [9.17, 15) is 18.0 Å². The number of nitrogens with zero attached hydrogens (tertiary/aromatic N) is 2. The molecule has 162 valence electrons. The molecule has 1 aromatic carbocycles. The molecule has 1 aliphatic rings. The van der Waals surface area contributed by atoms with Crippen LogP contribution in [-0.2, 0) is 24.3 Å². The van der Waals surface area contributed by atoms with Crippen LogP contribution in [0.3, 0.4) is 0 Å². The fourth-order valence-corrected chi connectivity index (χ4v) is 4.25. The van der Waals surface area contributed by atoms with Gasteiger partial charge in [0.25, 0.3) is 0 Å². The van der Waals surface area contributed by atoms with Crippen LogP contribution in [0.4, 0.5) is 5.69 Å². The molecular formula is C18H25ClN2O7S. The Morgan fingerprint density at radius 2 is 1.72 bits per heavy atom. The molecule has 1 aromatic rings. The van der Waals surface area contributed by atoms with Crippen molar-refractivity contribution in [2.24, 2.45) is 5.92 Å². The molecular weight excluding hydrogens is 424 g/mol. The minimum Gasteiger partial charge on any atom is -0.495 e. The molecule has 1 heterocycles. The first-order chi connectivity index (χ1) is 13.6. The predicted octanol–water partition coefficient (Wildman–Crippen LogP) is 1.53. The molecule has 29 heavy (non-hydrogen) atoms. The maximum Gasteiger partial charge on any atom is 0.308 e. The second kappa shape index (κ2) is 9.53. The third-order valence-corrected chi connectivity index (χ3v) is 6.21. The Morgan fingerprint density at radius 1 is 1.14 bits per heavy atom. The summed E-state index contributed by atoms with van der Waals surface area (Å²) in [6.45, 7) is 0.275. The standard InChI is InChI=1S/C18H25ClN2O7S/c1-26-15-10-14(16(27-2)9-13(15)19)21(29(4,24)25)11-17(22)20-7-5-12(6-8-20)18(23)28-3/h9-10,12H,5-8,11H2,1-4H3. The first-order valence-electron chi connectivity index (χ1n) is 8.87. The number of piperidine rings is 1. The molecule has 0 aliphatic carbocycles. The van der Waals surface area contributed by atoms with Crippen LogP contribution in [0.2, 0.25) is 5.02 Å². The lowest BCUT2D eigenvalue weighted by atomic mass is 9.97. The van der Waals surface area contributed by atoms with Crippen LogP contribution in [0, 0.1) is 5.92 Å². The number of sulfonamides is 1. The van der Waals surface area contributed by atoms with Gasteiger partial charge in [-0.2, -0.15) is 0 Å². The number of carbonyl (C=O) groups excluding carboxylic acids is 2. The van der Waals surface area contributed by atoms with Crippen molar-refractivity contribution >= 4 is 39.2 Å². The largest absolute Gasteiger partial charge is 0.495 e. The predicted molar refractivity (Wildman–Crippen MR) is 108 cm³/mol. The van der Waals surface area contributed by atoms with Gasteiger partial charge in [0.15, 0.2) is 0 Å². The Balaban J connectivity index is 2.25. The highest BCUT2D eigenvalue weighted by molar-refractivity contribution is 7.92. The van der Waals surface area contributed by atoms with Crippen LogP contribution in [0.25, 0.3) is 0 Å². The van der Waals surface area contributed by atoms with Crippen molar-refractivity contribution in [2.75, 3.05) is 51.5 Å². The number of likely N-dealkylation sites (tertiary alicyclic amines) is 1. The summed E-state index contributed by atoms with van der Waals surface area (Å²) in [5.74, 6) is -0.487. The van der Waals surface area contributed by atoms with E-state index >= 15 is 0 Å². The van der Waals surface area contributed by atoms with Gasteiger partial charge in [-0.25, -0.2) is 8.42 Å². The van der Waals surface area contributed by atoms with Crippen LogP contribution >= 0.6 is 11.6 Å². The molecule has 0 bridgehead atoms. The van der Waals surface area contributed by atoms with Crippen molar-refractivity contribution in [3.05, 3.63) is 17.2 Å². The maximum atomic E-state index is 12.8. The van der Waals surface area contributed by atoms with Gasteiger partial charge < -0.3 is 19.1 Å². The Labute approximate surface area is 175 Å². The first kappa shape index (κ1) is 23.1. The van der Waals surface area contributed by atoms with E-state index in [0.717, 1.165) is 10.6 Å².